The first-order valence-corrected chi connectivity index (χ1v) is 5.74. The molecule has 0 bridgehead atoms. The monoisotopic (exact) mass is 232 g/mol. The van der Waals surface area contributed by atoms with Crippen molar-refractivity contribution in [2.45, 2.75) is 27.2 Å². The van der Waals surface area contributed by atoms with E-state index in [1.54, 1.807) is 0 Å². The lowest BCUT2D eigenvalue weighted by Crippen LogP contribution is -2.02. The molecule has 2 rings (SSSR count). The maximum absolute atomic E-state index is 11.2. The quantitative estimate of drug-likeness (QED) is 0.878. The molecule has 3 heteroatoms. The zero-order valence-electron chi connectivity index (χ0n) is 10.3. The van der Waals surface area contributed by atoms with Gasteiger partial charge in [-0.25, -0.2) is 4.79 Å². The van der Waals surface area contributed by atoms with Gasteiger partial charge in [0.2, 0.25) is 5.76 Å². The van der Waals surface area contributed by atoms with Gasteiger partial charge >= 0.3 is 5.97 Å². The van der Waals surface area contributed by atoms with Crippen LogP contribution in [-0.4, -0.2) is 11.1 Å². The summed E-state index contributed by atoms with van der Waals surface area (Å²) >= 11 is 0. The van der Waals surface area contributed by atoms with Gasteiger partial charge in [-0.2, -0.15) is 0 Å². The van der Waals surface area contributed by atoms with E-state index in [1.165, 1.54) is 0 Å². The number of aryl methyl sites for hydroxylation is 1. The van der Waals surface area contributed by atoms with Gasteiger partial charge in [0.1, 0.15) is 5.58 Å². The molecule has 0 aliphatic carbocycles. The van der Waals surface area contributed by atoms with E-state index >= 15 is 0 Å². The van der Waals surface area contributed by atoms with Crippen molar-refractivity contribution < 1.29 is 14.3 Å². The molecule has 1 N–H and O–H groups in total. The van der Waals surface area contributed by atoms with Crippen molar-refractivity contribution in [3.8, 4) is 0 Å². The highest BCUT2D eigenvalue weighted by atomic mass is 16.4. The van der Waals surface area contributed by atoms with Crippen molar-refractivity contribution in [2.24, 2.45) is 5.92 Å². The average molecular weight is 232 g/mol. The van der Waals surface area contributed by atoms with Crippen molar-refractivity contribution in [1.29, 1.82) is 0 Å². The van der Waals surface area contributed by atoms with E-state index in [9.17, 15) is 4.79 Å². The summed E-state index contributed by atoms with van der Waals surface area (Å²) in [5.74, 6) is -0.511. The predicted molar refractivity (Wildman–Crippen MR) is 66.5 cm³/mol. The lowest BCUT2D eigenvalue weighted by atomic mass is 9.99. The fourth-order valence-corrected chi connectivity index (χ4v) is 2.05. The maximum atomic E-state index is 11.2. The van der Waals surface area contributed by atoms with E-state index in [4.69, 9.17) is 9.52 Å². The molecule has 0 aliphatic rings. The van der Waals surface area contributed by atoms with Gasteiger partial charge in [-0.15, -0.1) is 0 Å². The number of benzene rings is 1. The van der Waals surface area contributed by atoms with E-state index in [0.29, 0.717) is 11.5 Å². The second-order valence-corrected chi connectivity index (χ2v) is 4.81. The number of fused-ring (bicyclic) bond motifs is 1. The van der Waals surface area contributed by atoms with Crippen LogP contribution in [0.4, 0.5) is 0 Å². The van der Waals surface area contributed by atoms with Crippen LogP contribution in [-0.2, 0) is 6.42 Å². The standard InChI is InChI=1S/C14H16O3/c1-8(2)6-11-10-7-9(3)4-5-12(10)17-13(11)14(15)16/h4-5,7-8H,6H2,1-3H3,(H,15,16). The number of carbonyl (C=O) groups is 1. The average Bonchev–Trinajstić information content (AvgIpc) is 2.56. The molecule has 0 atom stereocenters. The Bertz CT molecular complexity index is 564. The Morgan fingerprint density at radius 2 is 2.12 bits per heavy atom. The Kier molecular flexibility index (Phi) is 2.92. The first-order chi connectivity index (χ1) is 7.99. The number of aromatic carboxylic acids is 1. The number of furan rings is 1. The van der Waals surface area contributed by atoms with Gasteiger partial charge in [-0.05, 0) is 31.4 Å². The lowest BCUT2D eigenvalue weighted by Gasteiger charge is -2.03. The van der Waals surface area contributed by atoms with Crippen molar-refractivity contribution in [1.82, 2.24) is 0 Å². The van der Waals surface area contributed by atoms with E-state index in [2.05, 4.69) is 13.8 Å². The Morgan fingerprint density at radius 1 is 1.41 bits per heavy atom. The number of hydrogen-bond acceptors (Lipinski definition) is 2. The van der Waals surface area contributed by atoms with Crippen LogP contribution in [0.15, 0.2) is 22.6 Å². The topological polar surface area (TPSA) is 50.4 Å². The largest absolute Gasteiger partial charge is 0.475 e. The van der Waals surface area contributed by atoms with Crippen LogP contribution in [0.2, 0.25) is 0 Å². The highest BCUT2D eigenvalue weighted by Gasteiger charge is 2.20. The van der Waals surface area contributed by atoms with Crippen LogP contribution in [0.5, 0.6) is 0 Å². The molecule has 3 nitrogen and oxygen atoms in total. The summed E-state index contributed by atoms with van der Waals surface area (Å²) in [7, 11) is 0. The van der Waals surface area contributed by atoms with Gasteiger partial charge < -0.3 is 9.52 Å². The summed E-state index contributed by atoms with van der Waals surface area (Å²) in [5.41, 5.74) is 2.58. The third kappa shape index (κ3) is 2.18. The molecular weight excluding hydrogens is 216 g/mol. The second-order valence-electron chi connectivity index (χ2n) is 4.81. The van der Waals surface area contributed by atoms with Crippen LogP contribution in [0.3, 0.4) is 0 Å². The van der Waals surface area contributed by atoms with Crippen LogP contribution in [0.25, 0.3) is 11.0 Å². The first-order valence-electron chi connectivity index (χ1n) is 5.74. The molecule has 17 heavy (non-hydrogen) atoms. The van der Waals surface area contributed by atoms with Crippen molar-refractivity contribution in [3.05, 3.63) is 35.1 Å². The summed E-state index contributed by atoms with van der Waals surface area (Å²) < 4.78 is 5.42. The molecule has 0 radical (unpaired) electrons. The summed E-state index contributed by atoms with van der Waals surface area (Å²) in [5, 5.41) is 10.1. The molecular formula is C14H16O3. The van der Waals surface area contributed by atoms with Crippen LogP contribution >= 0.6 is 0 Å². The molecule has 1 aromatic heterocycles. The molecule has 0 aliphatic heterocycles. The normalized spacial score (nSPS) is 11.3. The van der Waals surface area contributed by atoms with Crippen LogP contribution < -0.4 is 0 Å². The fraction of sp³-hybridized carbons (Fsp3) is 0.357. The Hall–Kier alpha value is -1.77. The first kappa shape index (κ1) is 11.7. The Labute approximate surface area is 100 Å². The van der Waals surface area contributed by atoms with Gasteiger partial charge in [0.05, 0.1) is 0 Å². The summed E-state index contributed by atoms with van der Waals surface area (Å²) in [6.45, 7) is 6.13. The van der Waals surface area contributed by atoms with E-state index in [1.807, 2.05) is 25.1 Å². The van der Waals surface area contributed by atoms with E-state index in [-0.39, 0.29) is 5.76 Å². The molecule has 1 aromatic carbocycles. The maximum Gasteiger partial charge on any atom is 0.372 e. The molecule has 0 amide bonds. The minimum atomic E-state index is -0.991. The van der Waals surface area contributed by atoms with Gasteiger partial charge in [0.15, 0.2) is 0 Å². The smallest absolute Gasteiger partial charge is 0.372 e. The summed E-state index contributed by atoms with van der Waals surface area (Å²) in [4.78, 5) is 11.2. The van der Waals surface area contributed by atoms with Crippen LogP contribution in [0, 0.1) is 12.8 Å². The minimum Gasteiger partial charge on any atom is -0.475 e. The van der Waals surface area contributed by atoms with Crippen molar-refractivity contribution in [2.75, 3.05) is 0 Å². The zero-order chi connectivity index (χ0) is 12.6. The summed E-state index contributed by atoms with van der Waals surface area (Å²) in [6.07, 6.45) is 0.720. The molecule has 0 unspecified atom stereocenters. The fourth-order valence-electron chi connectivity index (χ4n) is 2.05. The minimum absolute atomic E-state index is 0.0827. The van der Waals surface area contributed by atoms with E-state index in [0.717, 1.165) is 22.9 Å². The van der Waals surface area contributed by atoms with Crippen molar-refractivity contribution in [3.63, 3.8) is 0 Å². The molecule has 0 saturated carbocycles. The third-order valence-electron chi connectivity index (χ3n) is 2.75. The Morgan fingerprint density at radius 3 is 2.71 bits per heavy atom. The molecule has 0 saturated heterocycles. The Balaban J connectivity index is 2.68. The number of hydrogen-bond donors (Lipinski definition) is 1. The molecule has 1 heterocycles. The summed E-state index contributed by atoms with van der Waals surface area (Å²) in [6, 6.07) is 5.75. The zero-order valence-corrected chi connectivity index (χ0v) is 10.3. The predicted octanol–water partition coefficient (Wildman–Crippen LogP) is 3.64. The van der Waals surface area contributed by atoms with Gasteiger partial charge in [-0.3, -0.25) is 0 Å². The lowest BCUT2D eigenvalue weighted by molar-refractivity contribution is 0.0663. The highest BCUT2D eigenvalue weighted by molar-refractivity contribution is 5.95. The molecule has 2 aromatic rings. The second kappa shape index (κ2) is 4.24. The number of rotatable bonds is 3. The number of carboxylic acid groups (broad SMARTS) is 1. The molecule has 0 spiro atoms. The number of carboxylic acids is 1. The molecule has 0 fully saturated rings. The van der Waals surface area contributed by atoms with Crippen LogP contribution in [0.1, 0.15) is 35.5 Å². The van der Waals surface area contributed by atoms with Gasteiger partial charge in [0, 0.05) is 10.9 Å². The SMILES string of the molecule is Cc1ccc2oc(C(=O)O)c(CC(C)C)c2c1. The van der Waals surface area contributed by atoms with Gasteiger partial charge in [-0.1, -0.05) is 25.5 Å². The third-order valence-corrected chi connectivity index (χ3v) is 2.75. The van der Waals surface area contributed by atoms with Gasteiger partial charge in [0.25, 0.3) is 0 Å². The molecule has 90 valence electrons. The highest BCUT2D eigenvalue weighted by Crippen LogP contribution is 2.29. The van der Waals surface area contributed by atoms with E-state index < -0.39 is 5.97 Å². The van der Waals surface area contributed by atoms with Crippen molar-refractivity contribution >= 4 is 16.9 Å².